The molecule has 20 heavy (non-hydrogen) atoms. The Hall–Kier alpha value is -1.76. The largest absolute Gasteiger partial charge is 0.398 e. The van der Waals surface area contributed by atoms with E-state index in [-0.39, 0.29) is 6.61 Å². The van der Waals surface area contributed by atoms with Crippen LogP contribution < -0.4 is 5.73 Å². The molecule has 0 saturated carbocycles. The van der Waals surface area contributed by atoms with Gasteiger partial charge in [0.05, 0.1) is 13.2 Å². The van der Waals surface area contributed by atoms with Crippen molar-refractivity contribution in [3.8, 4) is 11.8 Å². The molecule has 3 N–H and O–H groups in total. The van der Waals surface area contributed by atoms with Crippen molar-refractivity contribution in [2.45, 2.75) is 19.3 Å². The third kappa shape index (κ3) is 4.41. The van der Waals surface area contributed by atoms with Crippen LogP contribution in [0.5, 0.6) is 0 Å². The summed E-state index contributed by atoms with van der Waals surface area (Å²) < 4.78 is 0. The van der Waals surface area contributed by atoms with Gasteiger partial charge in [-0.05, 0) is 49.7 Å². The molecule has 1 aromatic carbocycles. The first-order valence-electron chi connectivity index (χ1n) is 7.18. The van der Waals surface area contributed by atoms with Gasteiger partial charge in [0.25, 0.3) is 0 Å². The van der Waals surface area contributed by atoms with Crippen LogP contribution in [0.15, 0.2) is 24.3 Å². The highest BCUT2D eigenvalue weighted by atomic mass is 16.2. The molecule has 1 fully saturated rings. The molecule has 0 spiro atoms. The molecule has 0 unspecified atom stereocenters. The third-order valence-electron chi connectivity index (χ3n) is 3.47. The highest BCUT2D eigenvalue weighted by Crippen LogP contribution is 2.15. The first-order valence-corrected chi connectivity index (χ1v) is 7.18. The third-order valence-corrected chi connectivity index (χ3v) is 3.47. The maximum atomic E-state index is 8.81. The molecule has 2 rings (SSSR count). The SMILES string of the molecule is Nc1ccc(C#CCN2CCCCC2)cc1/C=C\CO. The molecule has 1 aliphatic rings. The minimum absolute atomic E-state index is 0.0182. The fraction of sp³-hybridized carbons (Fsp3) is 0.412. The maximum absolute atomic E-state index is 8.81. The number of benzene rings is 1. The van der Waals surface area contributed by atoms with Crippen molar-refractivity contribution >= 4 is 11.8 Å². The number of likely N-dealkylation sites (tertiary alicyclic amines) is 1. The molecular formula is C17H22N2O. The number of aliphatic hydroxyl groups excluding tert-OH is 1. The van der Waals surface area contributed by atoms with E-state index in [1.54, 1.807) is 6.08 Å². The zero-order valence-corrected chi connectivity index (χ0v) is 11.8. The lowest BCUT2D eigenvalue weighted by Gasteiger charge is -2.23. The molecule has 0 aliphatic carbocycles. The summed E-state index contributed by atoms with van der Waals surface area (Å²) in [6.45, 7) is 3.19. The average molecular weight is 270 g/mol. The standard InChI is InChI=1S/C17H22N2O/c18-17-9-8-15(14-16(17)7-5-13-20)6-4-12-19-10-2-1-3-11-19/h5,7-9,14,20H,1-3,10-13,18H2/b7-5-. The van der Waals surface area contributed by atoms with Crippen LogP contribution in [0.2, 0.25) is 0 Å². The zero-order chi connectivity index (χ0) is 14.2. The molecular weight excluding hydrogens is 248 g/mol. The number of nitrogen functional groups attached to an aromatic ring is 1. The number of nitrogens with two attached hydrogens (primary N) is 1. The van der Waals surface area contributed by atoms with Crippen LogP contribution in [0.4, 0.5) is 5.69 Å². The van der Waals surface area contributed by atoms with Crippen LogP contribution in [0, 0.1) is 11.8 Å². The van der Waals surface area contributed by atoms with Gasteiger partial charge >= 0.3 is 0 Å². The molecule has 0 aromatic heterocycles. The van der Waals surface area contributed by atoms with Gasteiger partial charge in [0.2, 0.25) is 0 Å². The molecule has 0 radical (unpaired) electrons. The van der Waals surface area contributed by atoms with Gasteiger partial charge in [-0.15, -0.1) is 0 Å². The van der Waals surface area contributed by atoms with E-state index in [0.717, 1.165) is 17.7 Å². The van der Waals surface area contributed by atoms with Gasteiger partial charge in [0, 0.05) is 11.3 Å². The summed E-state index contributed by atoms with van der Waals surface area (Å²) in [5, 5.41) is 8.81. The Labute approximate surface area is 121 Å². The van der Waals surface area contributed by atoms with Crippen LogP contribution in [-0.4, -0.2) is 36.2 Å². The number of anilines is 1. The van der Waals surface area contributed by atoms with E-state index in [0.29, 0.717) is 5.69 Å². The summed E-state index contributed by atoms with van der Waals surface area (Å²) in [5.41, 5.74) is 8.46. The first-order chi connectivity index (χ1) is 9.79. The van der Waals surface area contributed by atoms with E-state index < -0.39 is 0 Å². The van der Waals surface area contributed by atoms with E-state index in [1.165, 1.54) is 32.4 Å². The zero-order valence-electron chi connectivity index (χ0n) is 11.8. The lowest BCUT2D eigenvalue weighted by molar-refractivity contribution is 0.255. The van der Waals surface area contributed by atoms with Crippen molar-refractivity contribution in [1.29, 1.82) is 0 Å². The summed E-state index contributed by atoms with van der Waals surface area (Å²) in [6, 6.07) is 5.77. The van der Waals surface area contributed by atoms with E-state index in [9.17, 15) is 0 Å². The fourth-order valence-corrected chi connectivity index (χ4v) is 2.35. The molecule has 3 heteroatoms. The van der Waals surface area contributed by atoms with Crippen molar-refractivity contribution in [2.75, 3.05) is 32.0 Å². The smallest absolute Gasteiger partial charge is 0.0615 e. The van der Waals surface area contributed by atoms with Crippen LogP contribution in [0.25, 0.3) is 6.08 Å². The molecule has 1 saturated heterocycles. The van der Waals surface area contributed by atoms with E-state index in [1.807, 2.05) is 24.3 Å². The molecule has 1 heterocycles. The van der Waals surface area contributed by atoms with Gasteiger partial charge in [-0.25, -0.2) is 0 Å². The Morgan fingerprint density at radius 3 is 2.80 bits per heavy atom. The summed E-state index contributed by atoms with van der Waals surface area (Å²) >= 11 is 0. The van der Waals surface area contributed by atoms with Gasteiger partial charge < -0.3 is 10.8 Å². The Balaban J connectivity index is 2.00. The lowest BCUT2D eigenvalue weighted by Crippen LogP contribution is -2.29. The molecule has 1 aliphatic heterocycles. The second kappa shape index (κ2) is 7.74. The average Bonchev–Trinajstić information content (AvgIpc) is 2.49. The lowest BCUT2D eigenvalue weighted by atomic mass is 10.1. The van der Waals surface area contributed by atoms with Gasteiger partial charge in [-0.2, -0.15) is 0 Å². The Morgan fingerprint density at radius 2 is 2.05 bits per heavy atom. The van der Waals surface area contributed by atoms with Crippen LogP contribution in [0.1, 0.15) is 30.4 Å². The molecule has 3 nitrogen and oxygen atoms in total. The molecule has 0 amide bonds. The molecule has 1 aromatic rings. The Kier molecular flexibility index (Phi) is 5.67. The Bertz CT molecular complexity index is 520. The molecule has 106 valence electrons. The molecule has 0 atom stereocenters. The van der Waals surface area contributed by atoms with Crippen molar-refractivity contribution in [3.05, 3.63) is 35.4 Å². The van der Waals surface area contributed by atoms with Crippen molar-refractivity contribution in [3.63, 3.8) is 0 Å². The summed E-state index contributed by atoms with van der Waals surface area (Å²) in [5.74, 6) is 6.43. The maximum Gasteiger partial charge on any atom is 0.0615 e. The van der Waals surface area contributed by atoms with Crippen LogP contribution in [-0.2, 0) is 0 Å². The summed E-state index contributed by atoms with van der Waals surface area (Å²) in [7, 11) is 0. The number of nitrogens with zero attached hydrogens (tertiary/aromatic N) is 1. The van der Waals surface area contributed by atoms with Crippen LogP contribution in [0.3, 0.4) is 0 Å². The van der Waals surface area contributed by atoms with Gasteiger partial charge in [-0.1, -0.05) is 30.4 Å². The Morgan fingerprint density at radius 1 is 1.25 bits per heavy atom. The number of hydrogen-bond acceptors (Lipinski definition) is 3. The highest BCUT2D eigenvalue weighted by Gasteiger charge is 2.07. The van der Waals surface area contributed by atoms with E-state index in [2.05, 4.69) is 16.7 Å². The minimum Gasteiger partial charge on any atom is -0.398 e. The highest BCUT2D eigenvalue weighted by molar-refractivity contribution is 5.66. The number of aliphatic hydroxyl groups is 1. The van der Waals surface area contributed by atoms with Crippen LogP contribution >= 0.6 is 0 Å². The van der Waals surface area contributed by atoms with Gasteiger partial charge in [0.15, 0.2) is 0 Å². The molecule has 0 bridgehead atoms. The van der Waals surface area contributed by atoms with Gasteiger partial charge in [-0.3, -0.25) is 4.90 Å². The van der Waals surface area contributed by atoms with E-state index in [4.69, 9.17) is 10.8 Å². The second-order valence-electron chi connectivity index (χ2n) is 5.07. The predicted octanol–water partition coefficient (Wildman–Crippen LogP) is 2.11. The second-order valence-corrected chi connectivity index (χ2v) is 5.07. The normalized spacial score (nSPS) is 16.1. The van der Waals surface area contributed by atoms with Crippen molar-refractivity contribution in [2.24, 2.45) is 0 Å². The number of piperidine rings is 1. The summed E-state index contributed by atoms with van der Waals surface area (Å²) in [4.78, 5) is 2.40. The summed E-state index contributed by atoms with van der Waals surface area (Å²) in [6.07, 6.45) is 7.43. The minimum atomic E-state index is 0.0182. The number of rotatable bonds is 3. The predicted molar refractivity (Wildman–Crippen MR) is 84.1 cm³/mol. The van der Waals surface area contributed by atoms with E-state index >= 15 is 0 Å². The first kappa shape index (κ1) is 14.6. The van der Waals surface area contributed by atoms with Gasteiger partial charge in [0.1, 0.15) is 0 Å². The topological polar surface area (TPSA) is 49.5 Å². The number of hydrogen-bond donors (Lipinski definition) is 2. The fourth-order valence-electron chi connectivity index (χ4n) is 2.35. The quantitative estimate of drug-likeness (QED) is 0.653. The monoisotopic (exact) mass is 270 g/mol. The van der Waals surface area contributed by atoms with Crippen molar-refractivity contribution in [1.82, 2.24) is 4.90 Å². The van der Waals surface area contributed by atoms with Crippen molar-refractivity contribution < 1.29 is 5.11 Å².